The van der Waals surface area contributed by atoms with E-state index in [1.54, 1.807) is 0 Å². The van der Waals surface area contributed by atoms with Crippen LogP contribution in [-0.2, 0) is 4.74 Å². The molecule has 0 aliphatic carbocycles. The van der Waals surface area contributed by atoms with E-state index in [0.29, 0.717) is 6.61 Å². The van der Waals surface area contributed by atoms with Crippen LogP contribution in [0.5, 0.6) is 0 Å². The van der Waals surface area contributed by atoms with Gasteiger partial charge >= 0.3 is 0 Å². The normalized spacial score (nSPS) is 20.6. The molecule has 0 saturated heterocycles. The molecule has 0 aromatic heterocycles. The lowest BCUT2D eigenvalue weighted by atomic mass is 10.0. The summed E-state index contributed by atoms with van der Waals surface area (Å²) in [5.74, 6) is 0. The average molecular weight is 298 g/mol. The molecule has 0 spiro atoms. The van der Waals surface area contributed by atoms with Crippen molar-refractivity contribution in [3.8, 4) is 0 Å². The molecule has 1 nitrogen and oxygen atoms in total. The van der Waals surface area contributed by atoms with Gasteiger partial charge in [0.25, 0.3) is 0 Å². The van der Waals surface area contributed by atoms with Crippen molar-refractivity contribution in [3.05, 3.63) is 57.7 Å². The van der Waals surface area contributed by atoms with Gasteiger partial charge in [-0.3, -0.25) is 0 Å². The fraction of sp³-hybridized carbons (Fsp3) is 0.167. The predicted octanol–water partition coefficient (Wildman–Crippen LogP) is 3.47. The van der Waals surface area contributed by atoms with Crippen LogP contribution in [0.15, 0.2) is 48.6 Å². The molecule has 0 bridgehead atoms. The van der Waals surface area contributed by atoms with Crippen LogP contribution in [0.4, 0.5) is 0 Å². The zero-order chi connectivity index (χ0) is 9.97. The Labute approximate surface area is 97.6 Å². The smallest absolute Gasteiger partial charge is 0.109 e. The number of ether oxygens (including phenoxy) is 1. The van der Waals surface area contributed by atoms with Gasteiger partial charge in [0, 0.05) is 3.57 Å². The van der Waals surface area contributed by atoms with E-state index in [0.717, 1.165) is 0 Å². The maximum Gasteiger partial charge on any atom is 0.109 e. The molecule has 1 aromatic carbocycles. The van der Waals surface area contributed by atoms with Gasteiger partial charge < -0.3 is 4.74 Å². The molecule has 1 atom stereocenters. The quantitative estimate of drug-likeness (QED) is 0.760. The van der Waals surface area contributed by atoms with Crippen LogP contribution in [0, 0.1) is 3.57 Å². The van der Waals surface area contributed by atoms with Gasteiger partial charge in [0.05, 0.1) is 6.61 Å². The molecule has 0 N–H and O–H groups in total. The molecule has 0 fully saturated rings. The van der Waals surface area contributed by atoms with Crippen LogP contribution in [0.2, 0.25) is 0 Å². The molecule has 0 amide bonds. The maximum absolute atomic E-state index is 5.65. The van der Waals surface area contributed by atoms with Gasteiger partial charge in [-0.1, -0.05) is 36.9 Å². The standard InChI is InChI=1S/C12H11IO/c1-2-9-7-8-14-12(9)10-5-3-4-6-11(10)13/h2-7,12H,1,8H2. The molecule has 0 radical (unpaired) electrons. The van der Waals surface area contributed by atoms with Gasteiger partial charge in [0.15, 0.2) is 0 Å². The lowest BCUT2D eigenvalue weighted by molar-refractivity contribution is 0.124. The second-order valence-electron chi connectivity index (χ2n) is 3.14. The minimum absolute atomic E-state index is 0.0839. The summed E-state index contributed by atoms with van der Waals surface area (Å²) in [6.07, 6.45) is 4.04. The Hall–Kier alpha value is -0.610. The first-order valence-corrected chi connectivity index (χ1v) is 5.59. The minimum Gasteiger partial charge on any atom is -0.365 e. The first-order chi connectivity index (χ1) is 6.83. The molecule has 1 unspecified atom stereocenters. The van der Waals surface area contributed by atoms with Crippen molar-refractivity contribution >= 4 is 22.6 Å². The highest BCUT2D eigenvalue weighted by Crippen LogP contribution is 2.33. The van der Waals surface area contributed by atoms with E-state index in [2.05, 4.69) is 47.4 Å². The summed E-state index contributed by atoms with van der Waals surface area (Å²) in [4.78, 5) is 0. The van der Waals surface area contributed by atoms with Gasteiger partial charge in [0.2, 0.25) is 0 Å². The Bertz CT molecular complexity index is 382. The Morgan fingerprint density at radius 2 is 2.21 bits per heavy atom. The van der Waals surface area contributed by atoms with Gasteiger partial charge in [-0.15, -0.1) is 0 Å². The Morgan fingerprint density at radius 1 is 1.43 bits per heavy atom. The van der Waals surface area contributed by atoms with Gasteiger partial charge in [0.1, 0.15) is 6.10 Å². The summed E-state index contributed by atoms with van der Waals surface area (Å²) < 4.78 is 6.90. The summed E-state index contributed by atoms with van der Waals surface area (Å²) in [5.41, 5.74) is 2.41. The summed E-state index contributed by atoms with van der Waals surface area (Å²) in [5, 5.41) is 0. The molecule has 2 heteroatoms. The minimum atomic E-state index is 0.0839. The second-order valence-corrected chi connectivity index (χ2v) is 4.31. The first kappa shape index (κ1) is 9.93. The number of hydrogen-bond acceptors (Lipinski definition) is 1. The number of rotatable bonds is 2. The van der Waals surface area contributed by atoms with E-state index >= 15 is 0 Å². The van der Waals surface area contributed by atoms with Crippen molar-refractivity contribution in [1.29, 1.82) is 0 Å². The third-order valence-electron chi connectivity index (χ3n) is 2.31. The highest BCUT2D eigenvalue weighted by molar-refractivity contribution is 14.1. The molecular weight excluding hydrogens is 287 g/mol. The van der Waals surface area contributed by atoms with Crippen LogP contribution in [0.3, 0.4) is 0 Å². The fourth-order valence-electron chi connectivity index (χ4n) is 1.59. The predicted molar refractivity (Wildman–Crippen MR) is 66.1 cm³/mol. The van der Waals surface area contributed by atoms with Crippen LogP contribution >= 0.6 is 22.6 Å². The van der Waals surface area contributed by atoms with E-state index in [1.807, 2.05) is 18.2 Å². The zero-order valence-corrected chi connectivity index (χ0v) is 9.90. The highest BCUT2D eigenvalue weighted by atomic mass is 127. The lowest BCUT2D eigenvalue weighted by Gasteiger charge is -2.14. The largest absolute Gasteiger partial charge is 0.365 e. The Kier molecular flexibility index (Phi) is 3.03. The van der Waals surface area contributed by atoms with E-state index in [9.17, 15) is 0 Å². The average Bonchev–Trinajstić information content (AvgIpc) is 2.66. The van der Waals surface area contributed by atoms with Crippen molar-refractivity contribution in [2.24, 2.45) is 0 Å². The van der Waals surface area contributed by atoms with Crippen LogP contribution in [0.1, 0.15) is 11.7 Å². The van der Waals surface area contributed by atoms with Crippen molar-refractivity contribution in [1.82, 2.24) is 0 Å². The van der Waals surface area contributed by atoms with Crippen LogP contribution < -0.4 is 0 Å². The molecular formula is C12H11IO. The molecule has 2 rings (SSSR count). The van der Waals surface area contributed by atoms with Gasteiger partial charge in [-0.2, -0.15) is 0 Å². The first-order valence-electron chi connectivity index (χ1n) is 4.51. The fourth-order valence-corrected chi connectivity index (χ4v) is 2.26. The Morgan fingerprint density at radius 3 is 2.93 bits per heavy atom. The molecule has 1 aliphatic heterocycles. The maximum atomic E-state index is 5.65. The van der Waals surface area contributed by atoms with Crippen molar-refractivity contribution in [2.45, 2.75) is 6.10 Å². The molecule has 14 heavy (non-hydrogen) atoms. The summed E-state index contributed by atoms with van der Waals surface area (Å²) in [6, 6.07) is 8.28. The van der Waals surface area contributed by atoms with Gasteiger partial charge in [-0.25, -0.2) is 0 Å². The second kappa shape index (κ2) is 4.28. The summed E-state index contributed by atoms with van der Waals surface area (Å²) >= 11 is 2.33. The molecule has 1 heterocycles. The molecule has 1 aromatic rings. The number of benzene rings is 1. The lowest BCUT2D eigenvalue weighted by Crippen LogP contribution is -2.01. The van der Waals surface area contributed by atoms with E-state index < -0.39 is 0 Å². The molecule has 72 valence electrons. The van der Waals surface area contributed by atoms with Crippen molar-refractivity contribution < 1.29 is 4.74 Å². The number of hydrogen-bond donors (Lipinski definition) is 0. The molecule has 1 aliphatic rings. The van der Waals surface area contributed by atoms with E-state index in [4.69, 9.17) is 4.74 Å². The van der Waals surface area contributed by atoms with Crippen LogP contribution in [-0.4, -0.2) is 6.61 Å². The third kappa shape index (κ3) is 1.77. The van der Waals surface area contributed by atoms with E-state index in [1.165, 1.54) is 14.7 Å². The van der Waals surface area contributed by atoms with Crippen LogP contribution in [0.25, 0.3) is 0 Å². The Balaban J connectivity index is 2.36. The highest BCUT2D eigenvalue weighted by Gasteiger charge is 2.21. The SMILES string of the molecule is C=CC1=CCOC1c1ccccc1I. The van der Waals surface area contributed by atoms with Crippen molar-refractivity contribution in [3.63, 3.8) is 0 Å². The monoisotopic (exact) mass is 298 g/mol. The third-order valence-corrected chi connectivity index (χ3v) is 3.29. The zero-order valence-electron chi connectivity index (χ0n) is 7.74. The van der Waals surface area contributed by atoms with Crippen molar-refractivity contribution in [2.75, 3.05) is 6.61 Å². The summed E-state index contributed by atoms with van der Waals surface area (Å²) in [7, 11) is 0. The topological polar surface area (TPSA) is 9.23 Å². The number of halogens is 1. The summed E-state index contributed by atoms with van der Waals surface area (Å²) in [6.45, 7) is 4.49. The van der Waals surface area contributed by atoms with Gasteiger partial charge in [-0.05, 0) is 39.8 Å². The molecule has 0 saturated carbocycles. The van der Waals surface area contributed by atoms with E-state index in [-0.39, 0.29) is 6.10 Å².